The zero-order chi connectivity index (χ0) is 15.6. The standard InChI is InChI=1S/C17H22BrNO2/c1-12-5-6-14(15(18)11-12)13-7-9-19(10-8-13)16(20)21-17(2,3)4/h5-7,11H,8-10H2,1-4H3. The van der Waals surface area contributed by atoms with Crippen LogP contribution in [-0.4, -0.2) is 29.7 Å². The molecule has 1 aromatic rings. The van der Waals surface area contributed by atoms with Crippen LogP contribution < -0.4 is 0 Å². The number of carbonyl (C=O) groups is 1. The summed E-state index contributed by atoms with van der Waals surface area (Å²) in [6.45, 7) is 9.04. The second kappa shape index (κ2) is 6.22. The lowest BCUT2D eigenvalue weighted by Gasteiger charge is -2.29. The number of carbonyl (C=O) groups excluding carboxylic acids is 1. The van der Waals surface area contributed by atoms with E-state index in [9.17, 15) is 4.79 Å². The molecule has 1 heterocycles. The summed E-state index contributed by atoms with van der Waals surface area (Å²) >= 11 is 3.62. The number of hydrogen-bond donors (Lipinski definition) is 0. The quantitative estimate of drug-likeness (QED) is 0.728. The minimum atomic E-state index is -0.443. The highest BCUT2D eigenvalue weighted by Crippen LogP contribution is 2.30. The first-order valence-corrected chi connectivity index (χ1v) is 7.99. The third kappa shape index (κ3) is 4.34. The van der Waals surface area contributed by atoms with Crippen molar-refractivity contribution in [3.05, 3.63) is 39.9 Å². The Kier molecular flexibility index (Phi) is 4.77. The molecule has 1 amide bonds. The molecule has 0 saturated carbocycles. The molecule has 0 fully saturated rings. The zero-order valence-corrected chi connectivity index (χ0v) is 14.7. The van der Waals surface area contributed by atoms with Crippen molar-refractivity contribution in [3.63, 3.8) is 0 Å². The largest absolute Gasteiger partial charge is 0.444 e. The molecule has 1 aliphatic heterocycles. The van der Waals surface area contributed by atoms with Crippen LogP contribution in [0.1, 0.15) is 38.3 Å². The van der Waals surface area contributed by atoms with Crippen molar-refractivity contribution in [2.45, 2.75) is 39.7 Å². The maximum atomic E-state index is 12.0. The average molecular weight is 352 g/mol. The van der Waals surface area contributed by atoms with Crippen molar-refractivity contribution in [1.29, 1.82) is 0 Å². The first-order chi connectivity index (χ1) is 9.76. The Morgan fingerprint density at radius 3 is 2.57 bits per heavy atom. The maximum absolute atomic E-state index is 12.0. The summed E-state index contributed by atoms with van der Waals surface area (Å²) in [5.41, 5.74) is 3.28. The zero-order valence-electron chi connectivity index (χ0n) is 13.1. The third-order valence-electron chi connectivity index (χ3n) is 3.33. The van der Waals surface area contributed by atoms with E-state index in [-0.39, 0.29) is 6.09 Å². The molecule has 0 radical (unpaired) electrons. The number of amides is 1. The van der Waals surface area contributed by atoms with Crippen molar-refractivity contribution in [3.8, 4) is 0 Å². The Bertz CT molecular complexity index is 573. The number of nitrogens with zero attached hydrogens (tertiary/aromatic N) is 1. The molecule has 0 aromatic heterocycles. The Morgan fingerprint density at radius 1 is 1.33 bits per heavy atom. The number of rotatable bonds is 1. The van der Waals surface area contributed by atoms with E-state index >= 15 is 0 Å². The molecule has 21 heavy (non-hydrogen) atoms. The van der Waals surface area contributed by atoms with Gasteiger partial charge in [0.25, 0.3) is 0 Å². The molecule has 0 unspecified atom stereocenters. The van der Waals surface area contributed by atoms with Crippen LogP contribution in [0.15, 0.2) is 28.7 Å². The predicted octanol–water partition coefficient (Wildman–Crippen LogP) is 4.78. The van der Waals surface area contributed by atoms with E-state index in [1.54, 1.807) is 4.90 Å². The molecule has 0 spiro atoms. The van der Waals surface area contributed by atoms with Crippen molar-refractivity contribution < 1.29 is 9.53 Å². The number of ether oxygens (including phenoxy) is 1. The molecular formula is C17H22BrNO2. The molecule has 1 aromatic carbocycles. The third-order valence-corrected chi connectivity index (χ3v) is 3.99. The number of benzene rings is 1. The highest BCUT2D eigenvalue weighted by Gasteiger charge is 2.24. The van der Waals surface area contributed by atoms with Gasteiger partial charge in [-0.2, -0.15) is 0 Å². The van der Waals surface area contributed by atoms with Gasteiger partial charge in [-0.25, -0.2) is 4.79 Å². The molecule has 114 valence electrons. The highest BCUT2D eigenvalue weighted by molar-refractivity contribution is 9.10. The second-order valence-electron chi connectivity index (χ2n) is 6.39. The van der Waals surface area contributed by atoms with E-state index in [4.69, 9.17) is 4.74 Å². The van der Waals surface area contributed by atoms with E-state index in [1.807, 2.05) is 20.8 Å². The minimum Gasteiger partial charge on any atom is -0.444 e. The van der Waals surface area contributed by atoms with Crippen molar-refractivity contribution in [1.82, 2.24) is 4.90 Å². The summed E-state index contributed by atoms with van der Waals surface area (Å²) in [5, 5.41) is 0. The van der Waals surface area contributed by atoms with Crippen LogP contribution in [0.25, 0.3) is 5.57 Å². The van der Waals surface area contributed by atoms with Gasteiger partial charge in [0, 0.05) is 17.6 Å². The summed E-state index contributed by atoms with van der Waals surface area (Å²) in [5.74, 6) is 0. The maximum Gasteiger partial charge on any atom is 0.410 e. The molecule has 2 rings (SSSR count). The van der Waals surface area contributed by atoms with Gasteiger partial charge in [-0.3, -0.25) is 0 Å². The minimum absolute atomic E-state index is 0.235. The summed E-state index contributed by atoms with van der Waals surface area (Å²) in [7, 11) is 0. The lowest BCUT2D eigenvalue weighted by molar-refractivity contribution is 0.0270. The fourth-order valence-electron chi connectivity index (χ4n) is 2.29. The molecule has 0 N–H and O–H groups in total. The number of aryl methyl sites for hydroxylation is 1. The van der Waals surface area contributed by atoms with Gasteiger partial charge in [-0.1, -0.05) is 34.1 Å². The van der Waals surface area contributed by atoms with E-state index in [0.29, 0.717) is 13.1 Å². The van der Waals surface area contributed by atoms with Crippen molar-refractivity contribution in [2.24, 2.45) is 0 Å². The van der Waals surface area contributed by atoms with Crippen LogP contribution in [0.4, 0.5) is 4.79 Å². The average Bonchev–Trinajstić information content (AvgIpc) is 2.37. The van der Waals surface area contributed by atoms with Crippen LogP contribution in [0.2, 0.25) is 0 Å². The van der Waals surface area contributed by atoms with Gasteiger partial charge in [0.15, 0.2) is 0 Å². The van der Waals surface area contributed by atoms with Crippen LogP contribution in [0.5, 0.6) is 0 Å². The normalized spacial score (nSPS) is 15.7. The van der Waals surface area contributed by atoms with Crippen LogP contribution in [0.3, 0.4) is 0 Å². The van der Waals surface area contributed by atoms with Gasteiger partial charge in [0.2, 0.25) is 0 Å². The summed E-state index contributed by atoms with van der Waals surface area (Å²) in [6.07, 6.45) is 2.73. The monoisotopic (exact) mass is 351 g/mol. The van der Waals surface area contributed by atoms with Gasteiger partial charge in [-0.05, 0) is 56.9 Å². The van der Waals surface area contributed by atoms with Crippen molar-refractivity contribution >= 4 is 27.6 Å². The van der Waals surface area contributed by atoms with Crippen LogP contribution in [-0.2, 0) is 4.74 Å². The summed E-state index contributed by atoms with van der Waals surface area (Å²) in [4.78, 5) is 13.8. The number of halogens is 1. The fourth-order valence-corrected chi connectivity index (χ4v) is 3.03. The Balaban J connectivity index is 2.07. The molecule has 3 nitrogen and oxygen atoms in total. The van der Waals surface area contributed by atoms with Crippen LogP contribution >= 0.6 is 15.9 Å². The fraction of sp³-hybridized carbons (Fsp3) is 0.471. The van der Waals surface area contributed by atoms with Gasteiger partial charge in [-0.15, -0.1) is 0 Å². The number of hydrogen-bond acceptors (Lipinski definition) is 2. The van der Waals surface area contributed by atoms with Gasteiger partial charge < -0.3 is 9.64 Å². The first kappa shape index (κ1) is 16.1. The Labute approximate surface area is 135 Å². The lowest BCUT2D eigenvalue weighted by Crippen LogP contribution is -2.39. The van der Waals surface area contributed by atoms with Gasteiger partial charge >= 0.3 is 6.09 Å². The summed E-state index contributed by atoms with van der Waals surface area (Å²) < 4.78 is 6.52. The molecule has 0 saturated heterocycles. The predicted molar refractivity (Wildman–Crippen MR) is 89.3 cm³/mol. The molecule has 0 atom stereocenters. The lowest BCUT2D eigenvalue weighted by atomic mass is 9.99. The smallest absolute Gasteiger partial charge is 0.410 e. The highest BCUT2D eigenvalue weighted by atomic mass is 79.9. The molecule has 0 bridgehead atoms. The summed E-state index contributed by atoms with van der Waals surface area (Å²) in [6, 6.07) is 6.37. The van der Waals surface area contributed by atoms with E-state index in [1.165, 1.54) is 16.7 Å². The Morgan fingerprint density at radius 2 is 2.05 bits per heavy atom. The molecule has 4 heteroatoms. The van der Waals surface area contributed by atoms with E-state index in [2.05, 4.69) is 47.1 Å². The first-order valence-electron chi connectivity index (χ1n) is 7.20. The Hall–Kier alpha value is -1.29. The molecule has 1 aliphatic rings. The van der Waals surface area contributed by atoms with Gasteiger partial charge in [0.1, 0.15) is 5.60 Å². The van der Waals surface area contributed by atoms with Crippen LogP contribution in [0, 0.1) is 6.92 Å². The molecule has 0 aliphatic carbocycles. The molecular weight excluding hydrogens is 330 g/mol. The van der Waals surface area contributed by atoms with Crippen molar-refractivity contribution in [2.75, 3.05) is 13.1 Å². The van der Waals surface area contributed by atoms with Gasteiger partial charge in [0.05, 0.1) is 0 Å². The SMILES string of the molecule is Cc1ccc(C2=CCN(C(=O)OC(C)(C)C)CC2)c(Br)c1. The van der Waals surface area contributed by atoms with E-state index in [0.717, 1.165) is 10.9 Å². The van der Waals surface area contributed by atoms with E-state index < -0.39 is 5.60 Å². The topological polar surface area (TPSA) is 29.5 Å². The second-order valence-corrected chi connectivity index (χ2v) is 7.24.